The van der Waals surface area contributed by atoms with Crippen LogP contribution in [0.15, 0.2) is 30.6 Å². The number of hydrogen-bond donors (Lipinski definition) is 2. The van der Waals surface area contributed by atoms with Crippen molar-refractivity contribution in [3.63, 3.8) is 0 Å². The molecule has 3 N–H and O–H groups in total. The van der Waals surface area contributed by atoms with Gasteiger partial charge in [0.25, 0.3) is 0 Å². The summed E-state index contributed by atoms with van der Waals surface area (Å²) in [6.45, 7) is 2.51. The van der Waals surface area contributed by atoms with E-state index in [-0.39, 0.29) is 17.5 Å². The van der Waals surface area contributed by atoms with Crippen molar-refractivity contribution < 1.29 is 14.3 Å². The molecule has 0 bridgehead atoms. The molecule has 3 aromatic heterocycles. The molecule has 3 aliphatic carbocycles. The lowest BCUT2D eigenvalue weighted by Gasteiger charge is -2.27. The van der Waals surface area contributed by atoms with E-state index in [0.717, 1.165) is 60.6 Å². The van der Waals surface area contributed by atoms with Crippen LogP contribution >= 0.6 is 0 Å². The van der Waals surface area contributed by atoms with Crippen molar-refractivity contribution in [1.82, 2.24) is 15.0 Å². The zero-order valence-electron chi connectivity index (χ0n) is 19.1. The van der Waals surface area contributed by atoms with Crippen LogP contribution in [0.1, 0.15) is 67.1 Å². The average Bonchev–Trinajstić information content (AvgIpc) is 3.68. The van der Waals surface area contributed by atoms with E-state index in [1.54, 1.807) is 12.1 Å². The lowest BCUT2D eigenvalue weighted by Crippen LogP contribution is -2.35. The van der Waals surface area contributed by atoms with Crippen LogP contribution in [-0.2, 0) is 15.7 Å². The molecule has 34 heavy (non-hydrogen) atoms. The molecule has 8 nitrogen and oxygen atoms in total. The molecule has 1 spiro atoms. The minimum Gasteiger partial charge on any atom is -0.474 e. The van der Waals surface area contributed by atoms with E-state index in [2.05, 4.69) is 22.2 Å². The molecule has 0 aromatic carbocycles. The van der Waals surface area contributed by atoms with Gasteiger partial charge in [0.1, 0.15) is 24.3 Å². The monoisotopic (exact) mass is 457 g/mol. The van der Waals surface area contributed by atoms with E-state index in [4.69, 9.17) is 20.2 Å². The van der Waals surface area contributed by atoms with Crippen molar-refractivity contribution in [2.75, 3.05) is 11.9 Å². The zero-order chi connectivity index (χ0) is 23.1. The molecule has 0 unspecified atom stereocenters. The molecule has 3 aromatic rings. The molecule has 8 heteroatoms. The van der Waals surface area contributed by atoms with Crippen molar-refractivity contribution in [2.24, 2.45) is 11.7 Å². The number of anilines is 2. The van der Waals surface area contributed by atoms with Crippen LogP contribution in [0.25, 0.3) is 10.8 Å². The number of pyridine rings is 3. The first-order valence-electron chi connectivity index (χ1n) is 12.1. The van der Waals surface area contributed by atoms with Crippen LogP contribution in [0.4, 0.5) is 11.6 Å². The van der Waals surface area contributed by atoms with Crippen LogP contribution in [0.2, 0.25) is 0 Å². The van der Waals surface area contributed by atoms with Gasteiger partial charge in [0.2, 0.25) is 5.88 Å². The number of hydrogen-bond acceptors (Lipinski definition) is 8. The molecule has 0 saturated heterocycles. The summed E-state index contributed by atoms with van der Waals surface area (Å²) in [5.41, 5.74) is 8.66. The third-order valence-electron chi connectivity index (χ3n) is 7.75. The Bertz CT molecular complexity index is 1340. The Kier molecular flexibility index (Phi) is 4.08. The van der Waals surface area contributed by atoms with Crippen LogP contribution in [0.5, 0.6) is 5.88 Å². The number of nitrogens with two attached hydrogens (primary N) is 1. The van der Waals surface area contributed by atoms with E-state index in [0.29, 0.717) is 35.6 Å². The van der Waals surface area contributed by atoms with Gasteiger partial charge in [-0.05, 0) is 80.5 Å². The molecule has 4 aliphatic rings. The second-order valence-electron chi connectivity index (χ2n) is 10.5. The molecule has 1 atom stereocenters. The first kappa shape index (κ1) is 20.1. The number of esters is 1. The minimum atomic E-state index is -0.467. The third-order valence-corrected chi connectivity index (χ3v) is 7.75. The molecule has 174 valence electrons. The third kappa shape index (κ3) is 3.23. The fourth-order valence-electron chi connectivity index (χ4n) is 5.06. The van der Waals surface area contributed by atoms with Gasteiger partial charge in [-0.1, -0.05) is 0 Å². The summed E-state index contributed by atoms with van der Waals surface area (Å²) in [5.74, 6) is 2.11. The molecule has 3 fully saturated rings. The zero-order valence-corrected chi connectivity index (χ0v) is 19.1. The number of fused-ring (bicyclic) bond motifs is 3. The predicted molar refractivity (Wildman–Crippen MR) is 126 cm³/mol. The molecule has 0 amide bonds. The van der Waals surface area contributed by atoms with Crippen molar-refractivity contribution in [3.8, 4) is 5.88 Å². The summed E-state index contributed by atoms with van der Waals surface area (Å²) in [6, 6.07) is 5.62. The van der Waals surface area contributed by atoms with Crippen LogP contribution in [0.3, 0.4) is 0 Å². The van der Waals surface area contributed by atoms with Crippen LogP contribution in [-0.4, -0.2) is 33.6 Å². The van der Waals surface area contributed by atoms with Crippen molar-refractivity contribution in [3.05, 3.63) is 47.4 Å². The lowest BCUT2D eigenvalue weighted by atomic mass is 9.86. The highest BCUT2D eigenvalue weighted by atomic mass is 16.5. The lowest BCUT2D eigenvalue weighted by molar-refractivity contribution is 0.0418. The van der Waals surface area contributed by atoms with Gasteiger partial charge in [-0.2, -0.15) is 0 Å². The molecule has 1 aliphatic heterocycles. The number of nitrogens with zero attached hydrogens (tertiary/aromatic N) is 3. The number of ether oxygens (including phenoxy) is 2. The summed E-state index contributed by atoms with van der Waals surface area (Å²) >= 11 is 0. The minimum absolute atomic E-state index is 0.114. The van der Waals surface area contributed by atoms with Gasteiger partial charge in [0, 0.05) is 23.3 Å². The smallest absolute Gasteiger partial charge is 0.340 e. The Hall–Kier alpha value is -3.26. The molecular weight excluding hydrogens is 430 g/mol. The van der Waals surface area contributed by atoms with Crippen molar-refractivity contribution >= 4 is 28.4 Å². The van der Waals surface area contributed by atoms with Gasteiger partial charge >= 0.3 is 5.97 Å². The van der Waals surface area contributed by atoms with E-state index in [1.807, 2.05) is 18.5 Å². The highest BCUT2D eigenvalue weighted by Gasteiger charge is 2.52. The van der Waals surface area contributed by atoms with Gasteiger partial charge in [-0.3, -0.25) is 0 Å². The van der Waals surface area contributed by atoms with Gasteiger partial charge in [-0.15, -0.1) is 0 Å². The summed E-state index contributed by atoms with van der Waals surface area (Å²) in [4.78, 5) is 26.3. The largest absolute Gasteiger partial charge is 0.474 e. The number of nitrogens with one attached hydrogen (secondary N) is 1. The highest BCUT2D eigenvalue weighted by Crippen LogP contribution is 2.51. The van der Waals surface area contributed by atoms with E-state index in [9.17, 15) is 4.79 Å². The summed E-state index contributed by atoms with van der Waals surface area (Å²) in [5, 5.41) is 5.23. The van der Waals surface area contributed by atoms with E-state index in [1.165, 1.54) is 0 Å². The first-order chi connectivity index (χ1) is 16.4. The molecule has 4 heterocycles. The molecular formula is C26H27N5O3. The summed E-state index contributed by atoms with van der Waals surface area (Å²) < 4.78 is 11.4. The Morgan fingerprint density at radius 2 is 1.94 bits per heavy atom. The van der Waals surface area contributed by atoms with E-state index < -0.39 is 5.54 Å². The number of cyclic esters (lactones) is 1. The Balaban J connectivity index is 1.28. The average molecular weight is 458 g/mol. The maximum Gasteiger partial charge on any atom is 0.340 e. The standard InChI is InChI=1S/C26H27N5O3/c1-25(27,14-2-3-14)19-12-29-23(34-15-4-5-15)18-11-28-21(10-17(18)19)30-20-7-6-16-22(31-20)26(8-9-26)13-33-24(16)32/h6-7,10-12,14-15H,2-5,8-9,13,27H2,1H3,(H,28,30,31)/t25-/m1/s1. The van der Waals surface area contributed by atoms with Gasteiger partial charge in [0.05, 0.1) is 16.6 Å². The Morgan fingerprint density at radius 1 is 1.12 bits per heavy atom. The molecule has 7 rings (SSSR count). The molecule has 0 radical (unpaired) electrons. The second kappa shape index (κ2) is 6.88. The summed E-state index contributed by atoms with van der Waals surface area (Å²) in [6.07, 6.45) is 10.3. The summed E-state index contributed by atoms with van der Waals surface area (Å²) in [7, 11) is 0. The second-order valence-corrected chi connectivity index (χ2v) is 10.5. The number of aromatic nitrogens is 3. The topological polar surface area (TPSA) is 112 Å². The highest BCUT2D eigenvalue weighted by molar-refractivity contribution is 5.93. The first-order valence-corrected chi connectivity index (χ1v) is 12.1. The SMILES string of the molecule is C[C@](N)(c1cnc(OC2CC2)c2cnc(Nc3ccc4c(n3)C3(CC3)COC4=O)cc12)C1CC1. The van der Waals surface area contributed by atoms with E-state index >= 15 is 0 Å². The van der Waals surface area contributed by atoms with Gasteiger partial charge < -0.3 is 20.5 Å². The van der Waals surface area contributed by atoms with Gasteiger partial charge in [-0.25, -0.2) is 19.7 Å². The Morgan fingerprint density at radius 3 is 2.68 bits per heavy atom. The number of carbonyl (C=O) groups excluding carboxylic acids is 1. The predicted octanol–water partition coefficient (Wildman–Crippen LogP) is 4.10. The normalized spacial score (nSPS) is 22.1. The van der Waals surface area contributed by atoms with Crippen molar-refractivity contribution in [2.45, 2.75) is 62.5 Å². The maximum atomic E-state index is 12.2. The van der Waals surface area contributed by atoms with Crippen LogP contribution < -0.4 is 15.8 Å². The Labute approximate surface area is 197 Å². The molecule has 3 saturated carbocycles. The maximum absolute atomic E-state index is 12.2. The van der Waals surface area contributed by atoms with Crippen LogP contribution in [0, 0.1) is 5.92 Å². The quantitative estimate of drug-likeness (QED) is 0.532. The fraction of sp³-hybridized carbons (Fsp3) is 0.462. The number of carbonyl (C=O) groups is 1. The van der Waals surface area contributed by atoms with Gasteiger partial charge in [0.15, 0.2) is 0 Å². The van der Waals surface area contributed by atoms with Crippen molar-refractivity contribution in [1.29, 1.82) is 0 Å². The fourth-order valence-corrected chi connectivity index (χ4v) is 5.06. The number of rotatable bonds is 6.